The third-order valence-electron chi connectivity index (χ3n) is 2.65. The van der Waals surface area contributed by atoms with E-state index in [0.717, 1.165) is 11.8 Å². The molecule has 0 bridgehead atoms. The average Bonchev–Trinajstić information content (AvgIpc) is 2.53. The summed E-state index contributed by atoms with van der Waals surface area (Å²) in [7, 11) is 1.39. The fraction of sp³-hybridized carbons (Fsp3) is 0.583. The van der Waals surface area contributed by atoms with Gasteiger partial charge in [-0.05, 0) is 6.42 Å². The molecule has 7 N–H and O–H groups in total. The largest absolute Gasteiger partial charge is 0.480 e. The van der Waals surface area contributed by atoms with Crippen molar-refractivity contribution in [1.29, 1.82) is 0 Å². The standard InChI is InChI=1S/C12H20N4O7S/c1-14-12(23)24-5-7(10(20)15-4-9(18)19)16-8(17)3-2-6(13)11(21)22/h6-7H,2-5,13H2,1H3,(H,14,23)(H,15,20)(H,16,17)(H,18,19)(H,21,22)/t6-,7-/m1/s1. The van der Waals surface area contributed by atoms with E-state index in [1.807, 2.05) is 0 Å². The van der Waals surface area contributed by atoms with Crippen LogP contribution in [0.15, 0.2) is 0 Å². The van der Waals surface area contributed by atoms with Crippen LogP contribution in [0.1, 0.15) is 12.8 Å². The van der Waals surface area contributed by atoms with Gasteiger partial charge in [0.15, 0.2) is 0 Å². The zero-order chi connectivity index (χ0) is 18.7. The van der Waals surface area contributed by atoms with Gasteiger partial charge in [-0.2, -0.15) is 0 Å². The Hall–Kier alpha value is -2.34. The lowest BCUT2D eigenvalue weighted by Gasteiger charge is -2.17. The summed E-state index contributed by atoms with van der Waals surface area (Å²) in [6.07, 6.45) is -0.367. The first-order valence-electron chi connectivity index (χ1n) is 6.79. The summed E-state index contributed by atoms with van der Waals surface area (Å²) in [6.45, 7) is -0.639. The number of thioether (sulfide) groups is 1. The molecule has 0 rings (SSSR count). The van der Waals surface area contributed by atoms with Gasteiger partial charge in [0.1, 0.15) is 18.6 Å². The molecule has 11 nitrogen and oxygen atoms in total. The Morgan fingerprint density at radius 1 is 1.17 bits per heavy atom. The molecule has 0 saturated carbocycles. The molecule has 0 aromatic rings. The van der Waals surface area contributed by atoms with Crippen LogP contribution in [0.25, 0.3) is 0 Å². The highest BCUT2D eigenvalue weighted by atomic mass is 32.2. The number of carboxylic acids is 2. The van der Waals surface area contributed by atoms with Gasteiger partial charge in [-0.3, -0.25) is 24.0 Å². The molecule has 136 valence electrons. The number of nitrogens with two attached hydrogens (primary N) is 1. The number of amides is 3. The summed E-state index contributed by atoms with van der Waals surface area (Å²) in [5.74, 6) is -4.06. The van der Waals surface area contributed by atoms with Gasteiger partial charge in [0, 0.05) is 19.2 Å². The number of nitrogens with one attached hydrogen (secondary N) is 3. The highest BCUT2D eigenvalue weighted by molar-refractivity contribution is 8.13. The van der Waals surface area contributed by atoms with Crippen LogP contribution in [-0.4, -0.2) is 70.6 Å². The quantitative estimate of drug-likeness (QED) is 0.253. The molecule has 0 fully saturated rings. The minimum atomic E-state index is -1.26. The summed E-state index contributed by atoms with van der Waals surface area (Å²) in [5, 5.41) is 23.5. The van der Waals surface area contributed by atoms with Gasteiger partial charge in [-0.25, -0.2) is 0 Å². The smallest absolute Gasteiger partial charge is 0.322 e. The van der Waals surface area contributed by atoms with Gasteiger partial charge in [-0.1, -0.05) is 11.8 Å². The highest BCUT2D eigenvalue weighted by Gasteiger charge is 2.23. The zero-order valence-corrected chi connectivity index (χ0v) is 13.7. The van der Waals surface area contributed by atoms with E-state index < -0.39 is 47.6 Å². The van der Waals surface area contributed by atoms with Gasteiger partial charge in [0.25, 0.3) is 5.24 Å². The molecule has 0 aromatic heterocycles. The summed E-state index contributed by atoms with van der Waals surface area (Å²) < 4.78 is 0. The zero-order valence-electron chi connectivity index (χ0n) is 12.9. The molecular weight excluding hydrogens is 344 g/mol. The topological polar surface area (TPSA) is 188 Å². The van der Waals surface area contributed by atoms with E-state index >= 15 is 0 Å². The monoisotopic (exact) mass is 364 g/mol. The molecule has 0 unspecified atom stereocenters. The van der Waals surface area contributed by atoms with Crippen LogP contribution in [0.3, 0.4) is 0 Å². The van der Waals surface area contributed by atoms with Gasteiger partial charge in [0.05, 0.1) is 0 Å². The Balaban J connectivity index is 4.63. The second kappa shape index (κ2) is 11.2. The molecule has 2 atom stereocenters. The first-order chi connectivity index (χ1) is 11.2. The maximum Gasteiger partial charge on any atom is 0.322 e. The average molecular weight is 364 g/mol. The normalized spacial score (nSPS) is 12.6. The van der Waals surface area contributed by atoms with Crippen LogP contribution in [-0.2, 0) is 19.2 Å². The van der Waals surface area contributed by atoms with Gasteiger partial charge in [-0.15, -0.1) is 0 Å². The molecular formula is C12H20N4O7S. The molecule has 0 aliphatic heterocycles. The first kappa shape index (κ1) is 21.7. The molecule has 0 saturated heterocycles. The van der Waals surface area contributed by atoms with E-state index in [1.54, 1.807) is 0 Å². The second-order valence-corrected chi connectivity index (χ2v) is 5.56. The van der Waals surface area contributed by atoms with Crippen LogP contribution in [0, 0.1) is 0 Å². The van der Waals surface area contributed by atoms with Crippen molar-refractivity contribution in [3.8, 4) is 0 Å². The lowest BCUT2D eigenvalue weighted by atomic mass is 10.1. The van der Waals surface area contributed by atoms with Crippen molar-refractivity contribution in [1.82, 2.24) is 16.0 Å². The lowest BCUT2D eigenvalue weighted by molar-refractivity contribution is -0.139. The van der Waals surface area contributed by atoms with E-state index in [1.165, 1.54) is 7.05 Å². The van der Waals surface area contributed by atoms with Crippen molar-refractivity contribution in [2.45, 2.75) is 24.9 Å². The molecule has 0 aromatic carbocycles. The van der Waals surface area contributed by atoms with Crippen LogP contribution < -0.4 is 21.7 Å². The van der Waals surface area contributed by atoms with E-state index in [9.17, 15) is 24.0 Å². The SMILES string of the molecule is CNC(=O)SC[C@@H](NC(=O)CC[C@@H](N)C(=O)O)C(=O)NCC(=O)O. The Labute approximate surface area is 141 Å². The molecule has 24 heavy (non-hydrogen) atoms. The van der Waals surface area contributed by atoms with Crippen LogP contribution in [0.4, 0.5) is 4.79 Å². The van der Waals surface area contributed by atoms with Crippen LogP contribution in [0.2, 0.25) is 0 Å². The number of hydrogen-bond acceptors (Lipinski definition) is 7. The van der Waals surface area contributed by atoms with Crippen molar-refractivity contribution >= 4 is 40.8 Å². The van der Waals surface area contributed by atoms with E-state index in [-0.39, 0.29) is 18.6 Å². The molecule has 3 amide bonds. The predicted octanol–water partition coefficient (Wildman–Crippen LogP) is -2.06. The Morgan fingerprint density at radius 2 is 1.79 bits per heavy atom. The number of aliphatic carboxylic acids is 2. The molecule has 0 radical (unpaired) electrons. The minimum Gasteiger partial charge on any atom is -0.480 e. The van der Waals surface area contributed by atoms with Gasteiger partial charge in [0.2, 0.25) is 11.8 Å². The summed E-state index contributed by atoms with van der Waals surface area (Å²) in [6, 6.07) is -2.37. The minimum absolute atomic E-state index is 0.123. The molecule has 0 spiro atoms. The second-order valence-electron chi connectivity index (χ2n) is 4.56. The Morgan fingerprint density at radius 3 is 2.29 bits per heavy atom. The Kier molecular flexibility index (Phi) is 10.1. The highest BCUT2D eigenvalue weighted by Crippen LogP contribution is 2.05. The third kappa shape index (κ3) is 9.63. The van der Waals surface area contributed by atoms with Crippen LogP contribution in [0.5, 0.6) is 0 Å². The van der Waals surface area contributed by atoms with E-state index in [2.05, 4.69) is 16.0 Å². The molecule has 0 heterocycles. The number of carboxylic acid groups (broad SMARTS) is 2. The summed E-state index contributed by atoms with van der Waals surface area (Å²) in [4.78, 5) is 55.9. The fourth-order valence-electron chi connectivity index (χ4n) is 1.38. The fourth-order valence-corrected chi connectivity index (χ4v) is 2.07. The van der Waals surface area contributed by atoms with Crippen LogP contribution >= 0.6 is 11.8 Å². The summed E-state index contributed by atoms with van der Waals surface area (Å²) in [5.41, 5.74) is 5.27. The van der Waals surface area contributed by atoms with E-state index in [4.69, 9.17) is 15.9 Å². The van der Waals surface area contributed by atoms with E-state index in [0.29, 0.717) is 0 Å². The number of hydrogen-bond donors (Lipinski definition) is 6. The molecule has 0 aliphatic rings. The number of carbonyl (C=O) groups is 5. The maximum absolute atomic E-state index is 11.9. The third-order valence-corrected chi connectivity index (χ3v) is 3.62. The van der Waals surface area contributed by atoms with Gasteiger partial charge < -0.3 is 31.9 Å². The van der Waals surface area contributed by atoms with Crippen molar-refractivity contribution in [2.24, 2.45) is 5.73 Å². The number of rotatable bonds is 10. The first-order valence-corrected chi connectivity index (χ1v) is 7.77. The number of carbonyl (C=O) groups excluding carboxylic acids is 3. The predicted molar refractivity (Wildman–Crippen MR) is 84.3 cm³/mol. The lowest BCUT2D eigenvalue weighted by Crippen LogP contribution is -2.49. The van der Waals surface area contributed by atoms with Crippen molar-refractivity contribution in [3.05, 3.63) is 0 Å². The van der Waals surface area contributed by atoms with Crippen molar-refractivity contribution in [2.75, 3.05) is 19.3 Å². The maximum atomic E-state index is 11.9. The molecule has 12 heteroatoms. The van der Waals surface area contributed by atoms with Gasteiger partial charge >= 0.3 is 11.9 Å². The van der Waals surface area contributed by atoms with Crippen molar-refractivity contribution in [3.63, 3.8) is 0 Å². The molecule has 0 aliphatic carbocycles. The summed E-state index contributed by atoms with van der Waals surface area (Å²) >= 11 is 0.727. The Bertz CT molecular complexity index is 500. The van der Waals surface area contributed by atoms with Crippen molar-refractivity contribution < 1.29 is 34.2 Å².